The second-order valence-electron chi connectivity index (χ2n) is 16.6. The lowest BCUT2D eigenvalue weighted by molar-refractivity contribution is -0.346. The van der Waals surface area contributed by atoms with Crippen LogP contribution < -0.4 is 5.32 Å². The van der Waals surface area contributed by atoms with E-state index in [9.17, 15) is 29.4 Å². The van der Waals surface area contributed by atoms with Crippen molar-refractivity contribution in [3.8, 4) is 0 Å². The zero-order chi connectivity index (χ0) is 39.0. The molecule has 0 spiro atoms. The highest BCUT2D eigenvalue weighted by Crippen LogP contribution is 2.64. The molecule has 2 bridgehead atoms. The topological polar surface area (TPSA) is 184 Å². The van der Waals surface area contributed by atoms with Gasteiger partial charge in [0, 0.05) is 37.6 Å². The molecule has 2 saturated carbocycles. The molecule has 9 atom stereocenters. The summed E-state index contributed by atoms with van der Waals surface area (Å²) < 4.78 is 30.4. The smallest absolute Gasteiger partial charge is 0.338 e. The van der Waals surface area contributed by atoms with Gasteiger partial charge in [0.25, 0.3) is 0 Å². The number of carbonyl (C=O) groups is 5. The first-order valence-electron chi connectivity index (χ1n) is 17.7. The van der Waals surface area contributed by atoms with Gasteiger partial charge in [-0.15, -0.1) is 0 Å². The van der Waals surface area contributed by atoms with Crippen LogP contribution >= 0.6 is 0 Å². The zero-order valence-electron chi connectivity index (χ0n) is 31.9. The highest BCUT2D eigenvalue weighted by atomic mass is 16.6. The minimum Gasteiger partial charge on any atom is -0.457 e. The van der Waals surface area contributed by atoms with Crippen molar-refractivity contribution in [3.05, 3.63) is 47.0 Å². The molecule has 13 heteroatoms. The molecule has 4 aliphatic rings. The second-order valence-corrected chi connectivity index (χ2v) is 16.6. The first-order valence-corrected chi connectivity index (χ1v) is 17.7. The molecule has 1 aliphatic heterocycles. The van der Waals surface area contributed by atoms with Crippen molar-refractivity contribution in [2.24, 2.45) is 22.2 Å². The summed E-state index contributed by atoms with van der Waals surface area (Å²) in [6.45, 7) is 15.6. The molecule has 3 aliphatic carbocycles. The Bertz CT molecular complexity index is 1680. The fraction of sp³-hybridized carbons (Fsp3) is 0.667. The van der Waals surface area contributed by atoms with Gasteiger partial charge in [-0.05, 0) is 71.9 Å². The van der Waals surface area contributed by atoms with Crippen molar-refractivity contribution >= 4 is 29.7 Å². The fourth-order valence-electron chi connectivity index (χ4n) is 8.86. The minimum absolute atomic E-state index is 0.137. The lowest BCUT2D eigenvalue weighted by Crippen LogP contribution is -2.82. The van der Waals surface area contributed by atoms with Gasteiger partial charge in [-0.1, -0.05) is 32.0 Å². The highest BCUT2D eigenvalue weighted by molar-refractivity contribution is 5.95. The average molecular weight is 728 g/mol. The molecule has 0 radical (unpaired) electrons. The number of esters is 4. The van der Waals surface area contributed by atoms with Crippen LogP contribution in [0.2, 0.25) is 0 Å². The maximum absolute atomic E-state index is 15.3. The number of ether oxygens (including phenoxy) is 5. The van der Waals surface area contributed by atoms with Crippen molar-refractivity contribution in [3.63, 3.8) is 0 Å². The van der Waals surface area contributed by atoms with E-state index in [0.29, 0.717) is 5.57 Å². The lowest BCUT2D eigenvalue weighted by atomic mass is 9.44. The van der Waals surface area contributed by atoms with Crippen LogP contribution in [0.3, 0.4) is 0 Å². The van der Waals surface area contributed by atoms with E-state index in [4.69, 9.17) is 23.7 Å². The second kappa shape index (κ2) is 13.0. The molecule has 0 aromatic heterocycles. The van der Waals surface area contributed by atoms with Gasteiger partial charge in [-0.2, -0.15) is 0 Å². The van der Waals surface area contributed by atoms with Gasteiger partial charge in [-0.25, -0.2) is 4.79 Å². The Morgan fingerprint density at radius 1 is 0.962 bits per heavy atom. The van der Waals surface area contributed by atoms with Crippen LogP contribution in [-0.4, -0.2) is 101 Å². The number of rotatable bonds is 8. The van der Waals surface area contributed by atoms with Crippen LogP contribution in [0.4, 0.5) is 0 Å². The van der Waals surface area contributed by atoms with E-state index in [0.717, 1.165) is 6.92 Å². The zero-order valence-corrected chi connectivity index (χ0v) is 31.9. The Kier molecular flexibility index (Phi) is 9.91. The van der Waals surface area contributed by atoms with Crippen LogP contribution in [0.25, 0.3) is 0 Å². The van der Waals surface area contributed by atoms with Crippen LogP contribution in [-0.2, 0) is 42.9 Å². The van der Waals surface area contributed by atoms with E-state index in [-0.39, 0.29) is 30.6 Å². The molecule has 5 rings (SSSR count). The van der Waals surface area contributed by atoms with Crippen LogP contribution in [0.5, 0.6) is 0 Å². The summed E-state index contributed by atoms with van der Waals surface area (Å²) in [6, 6.07) is 8.05. The molecule has 3 N–H and O–H groups in total. The molecule has 1 aromatic rings. The Labute approximate surface area is 304 Å². The van der Waals surface area contributed by atoms with E-state index in [1.165, 1.54) is 26.0 Å². The first kappa shape index (κ1) is 39.6. The van der Waals surface area contributed by atoms with E-state index in [2.05, 4.69) is 5.32 Å². The summed E-state index contributed by atoms with van der Waals surface area (Å²) in [4.78, 5) is 69.2. The Morgan fingerprint density at radius 3 is 2.10 bits per heavy atom. The van der Waals surface area contributed by atoms with Gasteiger partial charge >= 0.3 is 23.9 Å². The summed E-state index contributed by atoms with van der Waals surface area (Å²) in [5.41, 5.74) is -8.58. The van der Waals surface area contributed by atoms with Crippen molar-refractivity contribution in [1.82, 2.24) is 5.32 Å². The number of benzene rings is 1. The third-order valence-electron chi connectivity index (χ3n) is 13.1. The number of Topliss-reactive ketones (excluding diaryl/α,β-unsaturated/α-hetero) is 1. The van der Waals surface area contributed by atoms with E-state index >= 15 is 4.79 Å². The predicted octanol–water partition coefficient (Wildman–Crippen LogP) is 3.23. The Balaban J connectivity index is 1.83. The average Bonchev–Trinajstić information content (AvgIpc) is 3.05. The molecular formula is C39H53NO12. The number of fused-ring (bicyclic) bond motifs is 5. The van der Waals surface area contributed by atoms with Crippen molar-refractivity contribution in [2.45, 2.75) is 129 Å². The van der Waals surface area contributed by atoms with Gasteiger partial charge in [0.2, 0.25) is 0 Å². The first-order chi connectivity index (χ1) is 23.9. The highest BCUT2D eigenvalue weighted by Gasteiger charge is 2.78. The number of nitrogens with one attached hydrogen (secondary N) is 1. The number of aliphatic hydroxyl groups excluding tert-OH is 1. The maximum Gasteiger partial charge on any atom is 0.338 e. The van der Waals surface area contributed by atoms with E-state index in [1.807, 2.05) is 13.8 Å². The number of carbonyl (C=O) groups excluding carboxylic acids is 5. The van der Waals surface area contributed by atoms with E-state index < -0.39 is 99.1 Å². The number of hydrogen-bond acceptors (Lipinski definition) is 13. The Hall–Kier alpha value is -3.65. The summed E-state index contributed by atoms with van der Waals surface area (Å²) in [5.74, 6) is -5.21. The molecule has 286 valence electrons. The van der Waals surface area contributed by atoms with Crippen molar-refractivity contribution in [1.29, 1.82) is 0 Å². The lowest BCUT2D eigenvalue weighted by Gasteiger charge is -2.67. The molecule has 1 unspecified atom stereocenters. The predicted molar refractivity (Wildman–Crippen MR) is 186 cm³/mol. The molecule has 52 heavy (non-hydrogen) atoms. The third kappa shape index (κ3) is 5.70. The summed E-state index contributed by atoms with van der Waals surface area (Å²) in [7, 11) is 1.72. The maximum atomic E-state index is 15.3. The molecule has 1 saturated heterocycles. The van der Waals surface area contributed by atoms with Crippen molar-refractivity contribution in [2.75, 3.05) is 13.7 Å². The normalized spacial score (nSPS) is 35.4. The van der Waals surface area contributed by atoms with Gasteiger partial charge in [0.05, 0.1) is 35.0 Å². The number of aliphatic hydroxyl groups is 2. The molecule has 1 aromatic carbocycles. The summed E-state index contributed by atoms with van der Waals surface area (Å²) >= 11 is 0. The van der Waals surface area contributed by atoms with Gasteiger partial charge in [-0.3, -0.25) is 19.2 Å². The number of hydrogen-bond donors (Lipinski definition) is 3. The molecular weight excluding hydrogens is 674 g/mol. The monoisotopic (exact) mass is 727 g/mol. The SMILES string of the molecule is CNC(C)(C)C(C)(C)C(=O)O[C@H]1C[C@@]2(O)[C@@H](OC(=O)c3ccccc3)C3[C@](C)(C(=O)[C@H](OC(C)=O)C(=C1C)C2(C)C)[C@@H](O)C[C@H]1OC[C@@]31OC(C)=O. The van der Waals surface area contributed by atoms with Gasteiger partial charge in [0.1, 0.15) is 23.9 Å². The fourth-order valence-corrected chi connectivity index (χ4v) is 8.86. The molecule has 1 heterocycles. The molecule has 0 amide bonds. The summed E-state index contributed by atoms with van der Waals surface area (Å²) in [5, 5.41) is 28.6. The van der Waals surface area contributed by atoms with Crippen LogP contribution in [0.1, 0.15) is 92.4 Å². The quantitative estimate of drug-likeness (QED) is 0.202. The van der Waals surface area contributed by atoms with Crippen LogP contribution in [0, 0.1) is 22.2 Å². The minimum atomic E-state index is -2.21. The molecule has 13 nitrogen and oxygen atoms in total. The van der Waals surface area contributed by atoms with Crippen molar-refractivity contribution < 1.29 is 57.9 Å². The third-order valence-corrected chi connectivity index (χ3v) is 13.1. The summed E-state index contributed by atoms with van der Waals surface area (Å²) in [6.07, 6.45) is -7.47. The van der Waals surface area contributed by atoms with Gasteiger partial charge < -0.3 is 39.2 Å². The molecule has 3 fully saturated rings. The van der Waals surface area contributed by atoms with E-state index in [1.54, 1.807) is 59.9 Å². The largest absolute Gasteiger partial charge is 0.457 e. The van der Waals surface area contributed by atoms with Gasteiger partial charge in [0.15, 0.2) is 17.5 Å². The number of ketones is 1. The Morgan fingerprint density at radius 2 is 1.58 bits per heavy atom. The standard InChI is InChI=1S/C39H53NO12/c1-20-24(50-33(46)35(6,7)36(8,9)40-11)18-39(47)31(51-32(45)23-15-13-12-14-16-23)29-37(10,25(43)17-26-38(29,19-48-26)52-22(3)42)30(44)28(49-21(2)41)27(20)34(39,4)5/h12-16,24-26,28-29,31,40,43,47H,17-19H2,1-11H3/t24-,25-,26+,28+,29?,31-,37+,38-,39+/m0/s1. The van der Waals surface area contributed by atoms with Crippen LogP contribution in [0.15, 0.2) is 41.5 Å².